The SMILES string of the molecule is CCCCCCCCCCCCCC(=O)OC[C@H](CO[C@H]1O[C@H](COCc2ccccc2)[C@@H](OCc2ccccc2)[C@H](O[C@@H]2O[C@H](C)[C@H](NC(=O)OCc3ccccc3)[C@H](O[C@@H]3O[C@H](COP(OCCC#N)N(C(C)C)C(C)C)[C@@H](OCc4ccccc4)[C@H](OCc4ccccc4)[C@H]3OCc3ccccc3)[C@H]2NC(C)=O)[C@H]1OCc1ccccc1)OC(=O)CCCCCCCCCCCCC. The quantitative estimate of drug-likeness (QED) is 0.0155. The van der Waals surface area contributed by atoms with E-state index in [0.717, 1.165) is 83.9 Å². The number of alkyl carbamates (subject to hydrolysis) is 1. The normalized spacial score (nSPS) is 22.1. The number of benzene rings is 7. The largest absolute Gasteiger partial charge is 0.462 e. The molecule has 3 saturated heterocycles. The summed E-state index contributed by atoms with van der Waals surface area (Å²) in [4.78, 5) is 58.2. The molecule has 0 radical (unpaired) electrons. The van der Waals surface area contributed by atoms with Gasteiger partial charge in [-0.25, -0.2) is 9.46 Å². The van der Waals surface area contributed by atoms with E-state index in [9.17, 15) is 19.6 Å². The van der Waals surface area contributed by atoms with Gasteiger partial charge in [0, 0.05) is 31.8 Å². The Morgan fingerprint density at radius 2 is 0.772 bits per heavy atom. The summed E-state index contributed by atoms with van der Waals surface area (Å²) in [5, 5.41) is 16.3. The molecule has 17 atom stereocenters. The van der Waals surface area contributed by atoms with Gasteiger partial charge in [0.1, 0.15) is 74.2 Å². The number of nitrogens with zero attached hydrogens (tertiary/aromatic N) is 2. The van der Waals surface area contributed by atoms with Crippen LogP contribution in [0.15, 0.2) is 212 Å². The van der Waals surface area contributed by atoms with Crippen molar-refractivity contribution in [2.45, 2.75) is 372 Å². The fraction of sp³-hybridized carbons (Fsp3) is 0.573. The molecule has 7 aromatic rings. The van der Waals surface area contributed by atoms with Gasteiger partial charge in [-0.05, 0) is 86.4 Å². The van der Waals surface area contributed by atoms with E-state index < -0.39 is 131 Å². The molecule has 0 aliphatic carbocycles. The van der Waals surface area contributed by atoms with Crippen LogP contribution in [-0.2, 0) is 141 Å². The van der Waals surface area contributed by atoms with Gasteiger partial charge in [0.2, 0.25) is 5.91 Å². The molecule has 3 aliphatic rings. The Morgan fingerprint density at radius 1 is 0.390 bits per heavy atom. The topological polar surface area (TPSA) is 276 Å². The molecule has 744 valence electrons. The van der Waals surface area contributed by atoms with Gasteiger partial charge in [0.05, 0.1) is 90.7 Å². The van der Waals surface area contributed by atoms with Gasteiger partial charge in [-0.2, -0.15) is 5.26 Å². The second-order valence-corrected chi connectivity index (χ2v) is 37.8. The van der Waals surface area contributed by atoms with E-state index in [2.05, 4.69) is 62.9 Å². The minimum atomic E-state index is -1.91. The average Bonchev–Trinajstić information content (AvgIpc) is 0.751. The third-order valence-corrected chi connectivity index (χ3v) is 26.5. The molecule has 7 aromatic carbocycles. The minimum absolute atomic E-state index is 0.00595. The number of nitriles is 1. The molecule has 0 saturated carbocycles. The number of amides is 2. The molecule has 2 amide bonds. The molecule has 0 aromatic heterocycles. The van der Waals surface area contributed by atoms with Crippen LogP contribution in [0.3, 0.4) is 0 Å². The third kappa shape index (κ3) is 39.7. The summed E-state index contributed by atoms with van der Waals surface area (Å²) < 4.78 is 123. The number of carbonyl (C=O) groups excluding carboxylic acids is 4. The Bertz CT molecular complexity index is 4380. The fourth-order valence-electron chi connectivity index (χ4n) is 17.3. The predicted molar refractivity (Wildman–Crippen MR) is 524 cm³/mol. The zero-order chi connectivity index (χ0) is 96.0. The van der Waals surface area contributed by atoms with E-state index in [1.54, 1.807) is 6.92 Å². The smallest absolute Gasteiger partial charge is 0.407 e. The second-order valence-electron chi connectivity index (χ2n) is 36.3. The number of hydrogen-bond acceptors (Lipinski definition) is 23. The highest BCUT2D eigenvalue weighted by atomic mass is 31.2. The summed E-state index contributed by atoms with van der Waals surface area (Å²) in [7, 11) is -1.91. The maximum Gasteiger partial charge on any atom is 0.407 e. The zero-order valence-corrected chi connectivity index (χ0v) is 82.6. The predicted octanol–water partition coefficient (Wildman–Crippen LogP) is 22.1. The van der Waals surface area contributed by atoms with Gasteiger partial charge in [-0.3, -0.25) is 14.4 Å². The molecular weight excluding hydrogens is 1740 g/mol. The lowest BCUT2D eigenvalue weighted by atomic mass is 9.92. The van der Waals surface area contributed by atoms with E-state index in [-0.39, 0.29) is 111 Å². The first-order chi connectivity index (χ1) is 66.5. The zero-order valence-electron chi connectivity index (χ0n) is 81.7. The standard InChI is InChI=1S/C110H153N4O21P/c1-9-11-13-15-17-19-21-23-25-27-50-67-96(116)120-78-93(131-97(117)68-51-28-26-24-22-20-18-16-14-12-10-2)79-126-108-106(125-76-91-63-46-34-47-64-91)104(101(122-73-88-57-40-31-41-58-88)94(132-108)80-119-71-86-53-36-29-37-54-86)135-107-99(112-85(8)115)102(98(84(7)130-107)113-110(118)127-77-92-65-48-35-49-66-92)134-109-105(124-75-90-61-44-33-45-62-90)103(123-74-89-59-42-32-43-60-89)100(121-72-87-55-38-30-39-56-87)95(133-109)81-129-136(128-70-52-69-111)114(82(3)4)83(5)6/h29-49,53-66,82-84,93-95,98-109H,9-28,50-52,67-68,70-81H2,1-8H3,(H,112,115)(H,113,118)/t84-,93-,94-,95-,98+,99-,100-,101-,102+,103+,104+,105-,106-,107+,108+,109+,136?/m1/s1. The van der Waals surface area contributed by atoms with Crippen LogP contribution in [-0.4, -0.2) is 172 Å². The Morgan fingerprint density at radius 3 is 1.21 bits per heavy atom. The molecule has 3 heterocycles. The van der Waals surface area contributed by atoms with Crippen LogP contribution in [0.4, 0.5) is 4.79 Å². The molecular formula is C110H153N4O21P. The molecule has 3 fully saturated rings. The number of esters is 2. The lowest BCUT2D eigenvalue weighted by Crippen LogP contribution is -2.72. The van der Waals surface area contributed by atoms with Crippen molar-refractivity contribution in [1.29, 1.82) is 5.26 Å². The van der Waals surface area contributed by atoms with Crippen molar-refractivity contribution in [3.05, 3.63) is 251 Å². The summed E-state index contributed by atoms with van der Waals surface area (Å²) in [5.74, 6) is -1.44. The monoisotopic (exact) mass is 1900 g/mol. The maximum absolute atomic E-state index is 15.0. The van der Waals surface area contributed by atoms with Crippen molar-refractivity contribution < 1.29 is 99.3 Å². The molecule has 3 aliphatic heterocycles. The minimum Gasteiger partial charge on any atom is -0.462 e. The van der Waals surface area contributed by atoms with Gasteiger partial charge in [0.25, 0.3) is 8.53 Å². The van der Waals surface area contributed by atoms with Gasteiger partial charge in [-0.15, -0.1) is 0 Å². The third-order valence-electron chi connectivity index (χ3n) is 24.5. The highest BCUT2D eigenvalue weighted by Crippen LogP contribution is 2.48. The van der Waals surface area contributed by atoms with Crippen molar-refractivity contribution in [3.8, 4) is 6.07 Å². The first-order valence-electron chi connectivity index (χ1n) is 50.1. The number of hydrogen-bond donors (Lipinski definition) is 2. The summed E-state index contributed by atoms with van der Waals surface area (Å²) in [6.07, 6.45) is 6.55. The Kier molecular flexibility index (Phi) is 51.5. The van der Waals surface area contributed by atoms with Crippen molar-refractivity contribution in [3.63, 3.8) is 0 Å². The lowest BCUT2D eigenvalue weighted by Gasteiger charge is -2.52. The summed E-state index contributed by atoms with van der Waals surface area (Å²) in [6, 6.07) is 66.8. The number of nitrogens with one attached hydrogen (secondary N) is 2. The van der Waals surface area contributed by atoms with Crippen molar-refractivity contribution in [1.82, 2.24) is 15.3 Å². The summed E-state index contributed by atoms with van der Waals surface area (Å²) in [5.41, 5.74) is 5.68. The van der Waals surface area contributed by atoms with E-state index in [1.165, 1.54) is 90.4 Å². The molecule has 136 heavy (non-hydrogen) atoms. The van der Waals surface area contributed by atoms with Crippen LogP contribution >= 0.6 is 8.53 Å². The number of carbonyl (C=O) groups is 4. The van der Waals surface area contributed by atoms with E-state index >= 15 is 4.79 Å². The average molecular weight is 1900 g/mol. The summed E-state index contributed by atoms with van der Waals surface area (Å²) >= 11 is 0. The van der Waals surface area contributed by atoms with Gasteiger partial charge < -0.3 is 90.7 Å². The molecule has 1 unspecified atom stereocenters. The number of rotatable bonds is 66. The second kappa shape index (κ2) is 64.0. The fourth-order valence-corrected chi connectivity index (χ4v) is 18.9. The van der Waals surface area contributed by atoms with E-state index in [4.69, 9.17) is 80.1 Å². The van der Waals surface area contributed by atoms with E-state index in [0.29, 0.717) is 12.8 Å². The molecule has 25 nitrogen and oxygen atoms in total. The highest BCUT2D eigenvalue weighted by Gasteiger charge is 2.57. The van der Waals surface area contributed by atoms with Crippen molar-refractivity contribution in [2.24, 2.45) is 0 Å². The maximum atomic E-state index is 15.0. The molecule has 0 spiro atoms. The summed E-state index contributed by atoms with van der Waals surface area (Å²) in [6.45, 7) is 15.1. The lowest BCUT2D eigenvalue weighted by molar-refractivity contribution is -0.369. The van der Waals surface area contributed by atoms with Crippen LogP contribution in [0.2, 0.25) is 0 Å². The molecule has 2 N–H and O–H groups in total. The van der Waals surface area contributed by atoms with Gasteiger partial charge in [0.15, 0.2) is 25.0 Å². The first kappa shape index (κ1) is 110. The Labute approximate surface area is 810 Å². The van der Waals surface area contributed by atoms with Crippen molar-refractivity contribution in [2.75, 3.05) is 33.0 Å². The van der Waals surface area contributed by atoms with Crippen molar-refractivity contribution >= 4 is 32.5 Å². The van der Waals surface area contributed by atoms with Crippen LogP contribution in [0.5, 0.6) is 0 Å². The number of ether oxygens (including phenoxy) is 15. The molecule has 10 rings (SSSR count). The van der Waals surface area contributed by atoms with Crippen LogP contribution < -0.4 is 10.6 Å². The molecule has 26 heteroatoms. The van der Waals surface area contributed by atoms with Crippen LogP contribution in [0.1, 0.15) is 255 Å². The Hall–Kier alpha value is -8.46. The van der Waals surface area contributed by atoms with Gasteiger partial charge >= 0.3 is 18.0 Å². The van der Waals surface area contributed by atoms with Gasteiger partial charge in [-0.1, -0.05) is 355 Å². The first-order valence-corrected chi connectivity index (χ1v) is 51.3. The molecule has 0 bridgehead atoms. The number of unbranched alkanes of at least 4 members (excludes halogenated alkanes) is 20. The van der Waals surface area contributed by atoms with E-state index in [1.807, 2.05) is 212 Å². The highest BCUT2D eigenvalue weighted by molar-refractivity contribution is 7.44. The van der Waals surface area contributed by atoms with Crippen LogP contribution in [0, 0.1) is 11.3 Å². The Balaban J connectivity index is 1.07. The van der Waals surface area contributed by atoms with Crippen LogP contribution in [0.25, 0.3) is 0 Å².